The van der Waals surface area contributed by atoms with E-state index in [9.17, 15) is 13.2 Å². The average Bonchev–Trinajstić information content (AvgIpc) is 3.13. The average molecular weight is 498 g/mol. The van der Waals surface area contributed by atoms with Gasteiger partial charge in [-0.15, -0.1) is 0 Å². The Hall–Kier alpha value is -2.75. The van der Waals surface area contributed by atoms with Crippen LogP contribution in [0.3, 0.4) is 0 Å². The largest absolute Gasteiger partial charge is 0.345 e. The Kier molecular flexibility index (Phi) is 7.04. The number of aryl methyl sites for hydroxylation is 4. The maximum Gasteiger partial charge on any atom is 0.253 e. The molecule has 188 valence electrons. The Balaban J connectivity index is 1.51. The first-order chi connectivity index (χ1) is 16.5. The lowest BCUT2D eigenvalue weighted by molar-refractivity contribution is 0.0827. The number of aromatic nitrogens is 2. The zero-order valence-corrected chi connectivity index (χ0v) is 22.3. The fraction of sp³-hybridized carbons (Fsp3) is 0.462. The van der Waals surface area contributed by atoms with Crippen LogP contribution in [0.15, 0.2) is 35.2 Å². The summed E-state index contributed by atoms with van der Waals surface area (Å²) in [5.41, 5.74) is 5.10. The minimum Gasteiger partial charge on any atom is -0.345 e. The van der Waals surface area contributed by atoms with Gasteiger partial charge in [0.2, 0.25) is 10.0 Å². The molecule has 1 amide bonds. The third-order valence-corrected chi connectivity index (χ3v) is 8.90. The smallest absolute Gasteiger partial charge is 0.253 e. The number of carbonyl (C=O) groups excluding carboxylic acids is 1. The molecule has 1 saturated heterocycles. The van der Waals surface area contributed by atoms with Crippen molar-refractivity contribution in [2.45, 2.75) is 45.7 Å². The Morgan fingerprint density at radius 3 is 2.20 bits per heavy atom. The van der Waals surface area contributed by atoms with E-state index in [-0.39, 0.29) is 5.91 Å². The fourth-order valence-electron chi connectivity index (χ4n) is 5.08. The van der Waals surface area contributed by atoms with Gasteiger partial charge >= 0.3 is 0 Å². The van der Waals surface area contributed by atoms with E-state index < -0.39 is 10.0 Å². The molecular formula is C26H35N5O3S. The summed E-state index contributed by atoms with van der Waals surface area (Å²) in [4.78, 5) is 21.5. The number of hydrogen-bond donors (Lipinski definition) is 0. The van der Waals surface area contributed by atoms with Gasteiger partial charge < -0.3 is 9.47 Å². The Morgan fingerprint density at radius 2 is 1.63 bits per heavy atom. The van der Waals surface area contributed by atoms with Crippen molar-refractivity contribution < 1.29 is 13.2 Å². The van der Waals surface area contributed by atoms with Crippen LogP contribution < -0.4 is 0 Å². The highest BCUT2D eigenvalue weighted by Gasteiger charge is 2.31. The van der Waals surface area contributed by atoms with Gasteiger partial charge in [-0.1, -0.05) is 17.7 Å². The van der Waals surface area contributed by atoms with Crippen LogP contribution in [-0.4, -0.2) is 78.3 Å². The molecule has 0 atom stereocenters. The van der Waals surface area contributed by atoms with Gasteiger partial charge in [0.15, 0.2) is 0 Å². The van der Waals surface area contributed by atoms with Crippen molar-refractivity contribution in [3.63, 3.8) is 0 Å². The first-order valence-electron chi connectivity index (χ1n) is 12.0. The first kappa shape index (κ1) is 25.3. The number of carbonyl (C=O) groups is 1. The molecule has 1 fully saturated rings. The zero-order chi connectivity index (χ0) is 25.5. The second-order valence-corrected chi connectivity index (χ2v) is 11.5. The van der Waals surface area contributed by atoms with Crippen molar-refractivity contribution in [1.82, 2.24) is 23.7 Å². The molecule has 3 aromatic rings. The first-order valence-corrected chi connectivity index (χ1v) is 13.5. The van der Waals surface area contributed by atoms with E-state index in [1.165, 1.54) is 0 Å². The van der Waals surface area contributed by atoms with Crippen LogP contribution in [-0.2, 0) is 23.1 Å². The number of sulfonamides is 1. The molecule has 0 unspecified atom stereocenters. The molecule has 1 aliphatic rings. The molecule has 1 aromatic heterocycles. The van der Waals surface area contributed by atoms with Crippen LogP contribution in [0.1, 0.15) is 39.8 Å². The number of imidazole rings is 1. The normalized spacial score (nSPS) is 15.6. The van der Waals surface area contributed by atoms with Crippen LogP contribution >= 0.6 is 0 Å². The van der Waals surface area contributed by atoms with E-state index in [0.717, 1.165) is 40.1 Å². The van der Waals surface area contributed by atoms with E-state index in [0.29, 0.717) is 43.2 Å². The van der Waals surface area contributed by atoms with Gasteiger partial charge in [-0.25, -0.2) is 13.4 Å². The fourth-order valence-corrected chi connectivity index (χ4v) is 6.91. The maximum atomic E-state index is 13.4. The highest BCUT2D eigenvalue weighted by Crippen LogP contribution is 2.27. The molecule has 2 aromatic carbocycles. The van der Waals surface area contributed by atoms with Gasteiger partial charge in [0.05, 0.1) is 22.5 Å². The Morgan fingerprint density at radius 1 is 1.00 bits per heavy atom. The van der Waals surface area contributed by atoms with Crippen molar-refractivity contribution >= 4 is 27.0 Å². The van der Waals surface area contributed by atoms with E-state index >= 15 is 0 Å². The number of fused-ring (bicyclic) bond motifs is 1. The molecular weight excluding hydrogens is 462 g/mol. The van der Waals surface area contributed by atoms with Gasteiger partial charge in [0, 0.05) is 52.4 Å². The quantitative estimate of drug-likeness (QED) is 0.523. The second kappa shape index (κ2) is 9.72. The van der Waals surface area contributed by atoms with Gasteiger partial charge in [-0.2, -0.15) is 4.31 Å². The molecule has 0 aliphatic carbocycles. The molecule has 9 heteroatoms. The molecule has 1 aliphatic heterocycles. The highest BCUT2D eigenvalue weighted by atomic mass is 32.2. The lowest BCUT2D eigenvalue weighted by Crippen LogP contribution is -2.48. The van der Waals surface area contributed by atoms with Crippen molar-refractivity contribution in [3.8, 4) is 0 Å². The van der Waals surface area contributed by atoms with E-state index in [1.807, 2.05) is 51.1 Å². The predicted molar refractivity (Wildman–Crippen MR) is 138 cm³/mol. The zero-order valence-electron chi connectivity index (χ0n) is 21.5. The van der Waals surface area contributed by atoms with Gasteiger partial charge in [0.25, 0.3) is 5.91 Å². The molecule has 8 nitrogen and oxygen atoms in total. The highest BCUT2D eigenvalue weighted by molar-refractivity contribution is 7.89. The lowest BCUT2D eigenvalue weighted by atomic mass is 10.1. The van der Waals surface area contributed by atoms with Crippen molar-refractivity contribution in [3.05, 3.63) is 58.4 Å². The topological polar surface area (TPSA) is 78.7 Å². The summed E-state index contributed by atoms with van der Waals surface area (Å²) in [6.07, 6.45) is 0. The lowest BCUT2D eigenvalue weighted by Gasteiger charge is -2.34. The maximum absolute atomic E-state index is 13.4. The van der Waals surface area contributed by atoms with E-state index in [2.05, 4.69) is 16.4 Å². The van der Waals surface area contributed by atoms with Crippen LogP contribution in [0, 0.1) is 20.8 Å². The molecule has 2 heterocycles. The summed E-state index contributed by atoms with van der Waals surface area (Å²) in [6, 6.07) is 9.53. The van der Waals surface area contributed by atoms with Crippen LogP contribution in [0.25, 0.3) is 11.0 Å². The SMILES string of the molecule is CCn1c(CN2CCN(S(=O)(=O)c3c(C)cc(C)cc3C)CC2)nc2cc(C(=O)N(C)C)ccc21. The number of piperazine rings is 1. The third kappa shape index (κ3) is 4.85. The Labute approximate surface area is 208 Å². The summed E-state index contributed by atoms with van der Waals surface area (Å²) in [7, 11) is -0.0599. The summed E-state index contributed by atoms with van der Waals surface area (Å²) < 4.78 is 30.6. The number of benzene rings is 2. The number of hydrogen-bond acceptors (Lipinski definition) is 5. The summed E-state index contributed by atoms with van der Waals surface area (Å²) >= 11 is 0. The molecule has 0 N–H and O–H groups in total. The molecule has 0 bridgehead atoms. The minimum atomic E-state index is -3.54. The van der Waals surface area contributed by atoms with Gasteiger partial charge in [0.1, 0.15) is 5.82 Å². The van der Waals surface area contributed by atoms with Crippen molar-refractivity contribution in [2.24, 2.45) is 0 Å². The summed E-state index contributed by atoms with van der Waals surface area (Å²) in [5.74, 6) is 0.884. The van der Waals surface area contributed by atoms with Crippen LogP contribution in [0.4, 0.5) is 0 Å². The standard InChI is InChI=1S/C26H35N5O3S/c1-7-31-23-9-8-21(26(32)28(5)6)16-22(23)27-24(31)17-29-10-12-30(13-11-29)35(33,34)25-19(3)14-18(2)15-20(25)4/h8-9,14-16H,7,10-13,17H2,1-6H3. The molecule has 4 rings (SSSR count). The molecule has 0 spiro atoms. The van der Waals surface area contributed by atoms with Crippen molar-refractivity contribution in [2.75, 3.05) is 40.3 Å². The molecule has 0 saturated carbocycles. The summed E-state index contributed by atoms with van der Waals surface area (Å²) in [5, 5.41) is 0. The number of amides is 1. The monoisotopic (exact) mass is 497 g/mol. The molecule has 35 heavy (non-hydrogen) atoms. The van der Waals surface area contributed by atoms with Crippen LogP contribution in [0.5, 0.6) is 0 Å². The minimum absolute atomic E-state index is 0.0455. The Bertz CT molecular complexity index is 1350. The predicted octanol–water partition coefficient (Wildman–Crippen LogP) is 3.19. The third-order valence-electron chi connectivity index (χ3n) is 6.70. The summed E-state index contributed by atoms with van der Waals surface area (Å²) in [6.45, 7) is 11.4. The second-order valence-electron chi connectivity index (χ2n) is 9.58. The van der Waals surface area contributed by atoms with E-state index in [1.54, 1.807) is 23.3 Å². The van der Waals surface area contributed by atoms with Crippen molar-refractivity contribution in [1.29, 1.82) is 0 Å². The molecule has 0 radical (unpaired) electrons. The van der Waals surface area contributed by atoms with Gasteiger partial charge in [-0.3, -0.25) is 9.69 Å². The number of rotatable bonds is 6. The van der Waals surface area contributed by atoms with Crippen LogP contribution in [0.2, 0.25) is 0 Å². The van der Waals surface area contributed by atoms with Gasteiger partial charge in [-0.05, 0) is 57.0 Å². The van der Waals surface area contributed by atoms with E-state index in [4.69, 9.17) is 4.98 Å². The number of nitrogens with zero attached hydrogens (tertiary/aromatic N) is 5.